The SMILES string of the molecule is CC(CO)OCC(C)OCC(C)OCC(C)OC(C)(C)C. The first-order chi connectivity index (χ1) is 9.64. The molecule has 0 aromatic heterocycles. The molecule has 0 amide bonds. The van der Waals surface area contributed by atoms with E-state index < -0.39 is 0 Å². The van der Waals surface area contributed by atoms with Crippen molar-refractivity contribution in [1.29, 1.82) is 0 Å². The zero-order valence-electron chi connectivity index (χ0n) is 14.7. The van der Waals surface area contributed by atoms with Gasteiger partial charge in [0, 0.05) is 0 Å². The van der Waals surface area contributed by atoms with E-state index in [1.165, 1.54) is 0 Å². The molecule has 0 saturated heterocycles. The number of aliphatic hydroxyl groups excluding tert-OH is 1. The van der Waals surface area contributed by atoms with Crippen molar-refractivity contribution in [2.75, 3.05) is 26.4 Å². The maximum absolute atomic E-state index is 8.87. The molecule has 21 heavy (non-hydrogen) atoms. The van der Waals surface area contributed by atoms with E-state index in [2.05, 4.69) is 0 Å². The number of hydrogen-bond donors (Lipinski definition) is 1. The fourth-order valence-corrected chi connectivity index (χ4v) is 1.69. The molecule has 0 rings (SSSR count). The van der Waals surface area contributed by atoms with Crippen LogP contribution in [0.15, 0.2) is 0 Å². The average Bonchev–Trinajstić information content (AvgIpc) is 2.38. The maximum Gasteiger partial charge on any atom is 0.0787 e. The van der Waals surface area contributed by atoms with Gasteiger partial charge in [-0.25, -0.2) is 0 Å². The first-order valence-electron chi connectivity index (χ1n) is 7.77. The molecule has 5 nitrogen and oxygen atoms in total. The molecule has 0 spiro atoms. The van der Waals surface area contributed by atoms with Crippen molar-refractivity contribution in [3.63, 3.8) is 0 Å². The first kappa shape index (κ1) is 20.8. The summed E-state index contributed by atoms with van der Waals surface area (Å²) in [4.78, 5) is 0. The minimum atomic E-state index is -0.155. The quantitative estimate of drug-likeness (QED) is 0.635. The largest absolute Gasteiger partial charge is 0.394 e. The Kier molecular flexibility index (Phi) is 10.4. The third-order valence-electron chi connectivity index (χ3n) is 2.66. The minimum Gasteiger partial charge on any atom is -0.394 e. The highest BCUT2D eigenvalue weighted by Gasteiger charge is 2.16. The van der Waals surface area contributed by atoms with Crippen molar-refractivity contribution < 1.29 is 24.1 Å². The van der Waals surface area contributed by atoms with Gasteiger partial charge in [-0.05, 0) is 48.5 Å². The van der Waals surface area contributed by atoms with Gasteiger partial charge < -0.3 is 24.1 Å². The lowest BCUT2D eigenvalue weighted by atomic mass is 10.2. The number of hydrogen-bond acceptors (Lipinski definition) is 5. The van der Waals surface area contributed by atoms with E-state index in [-0.39, 0.29) is 36.6 Å². The molecule has 4 unspecified atom stereocenters. The summed E-state index contributed by atoms with van der Waals surface area (Å²) < 4.78 is 22.6. The molecule has 0 aliphatic carbocycles. The van der Waals surface area contributed by atoms with E-state index in [4.69, 9.17) is 24.1 Å². The van der Waals surface area contributed by atoms with Gasteiger partial charge in [-0.15, -0.1) is 0 Å². The topological polar surface area (TPSA) is 57.2 Å². The second kappa shape index (κ2) is 10.5. The molecule has 0 saturated carbocycles. The molecule has 128 valence electrons. The van der Waals surface area contributed by atoms with E-state index in [0.717, 1.165) is 0 Å². The summed E-state index contributed by atoms with van der Waals surface area (Å²) in [6.45, 7) is 15.4. The Hall–Kier alpha value is -0.200. The molecule has 0 heterocycles. The molecular formula is C16H34O5. The second-order valence-corrected chi connectivity index (χ2v) is 6.66. The van der Waals surface area contributed by atoms with Gasteiger partial charge in [0.2, 0.25) is 0 Å². The molecule has 5 heteroatoms. The highest BCUT2D eigenvalue weighted by molar-refractivity contribution is 4.63. The average molecular weight is 306 g/mol. The first-order valence-corrected chi connectivity index (χ1v) is 7.77. The smallest absolute Gasteiger partial charge is 0.0787 e. The van der Waals surface area contributed by atoms with Gasteiger partial charge in [-0.1, -0.05) is 0 Å². The van der Waals surface area contributed by atoms with Gasteiger partial charge in [0.05, 0.1) is 56.4 Å². The van der Waals surface area contributed by atoms with E-state index in [1.54, 1.807) is 0 Å². The lowest BCUT2D eigenvalue weighted by Gasteiger charge is -2.26. The zero-order valence-corrected chi connectivity index (χ0v) is 14.7. The van der Waals surface area contributed by atoms with E-state index in [9.17, 15) is 0 Å². The predicted molar refractivity (Wildman–Crippen MR) is 83.6 cm³/mol. The third-order valence-corrected chi connectivity index (χ3v) is 2.66. The molecular weight excluding hydrogens is 272 g/mol. The van der Waals surface area contributed by atoms with Crippen LogP contribution >= 0.6 is 0 Å². The van der Waals surface area contributed by atoms with Gasteiger partial charge >= 0.3 is 0 Å². The zero-order chi connectivity index (χ0) is 16.5. The molecule has 0 aromatic rings. The molecule has 4 atom stereocenters. The lowest BCUT2D eigenvalue weighted by Crippen LogP contribution is -2.31. The monoisotopic (exact) mass is 306 g/mol. The second-order valence-electron chi connectivity index (χ2n) is 6.66. The van der Waals surface area contributed by atoms with E-state index in [0.29, 0.717) is 19.8 Å². The fourth-order valence-electron chi connectivity index (χ4n) is 1.69. The van der Waals surface area contributed by atoms with Crippen molar-refractivity contribution in [2.24, 2.45) is 0 Å². The van der Waals surface area contributed by atoms with E-state index in [1.807, 2.05) is 48.5 Å². The lowest BCUT2D eigenvalue weighted by molar-refractivity contribution is -0.114. The third kappa shape index (κ3) is 13.2. The van der Waals surface area contributed by atoms with E-state index >= 15 is 0 Å². The Labute approximate surface area is 129 Å². The van der Waals surface area contributed by atoms with Gasteiger partial charge in [-0.3, -0.25) is 0 Å². The minimum absolute atomic E-state index is 0.00809. The van der Waals surface area contributed by atoms with Crippen LogP contribution in [0.2, 0.25) is 0 Å². The normalized spacial score (nSPS) is 18.3. The van der Waals surface area contributed by atoms with Crippen molar-refractivity contribution in [3.05, 3.63) is 0 Å². The maximum atomic E-state index is 8.87. The van der Waals surface area contributed by atoms with Crippen LogP contribution in [0.25, 0.3) is 0 Å². The van der Waals surface area contributed by atoms with Gasteiger partial charge in [0.15, 0.2) is 0 Å². The fraction of sp³-hybridized carbons (Fsp3) is 1.00. The van der Waals surface area contributed by atoms with Crippen molar-refractivity contribution in [3.8, 4) is 0 Å². The molecule has 0 bridgehead atoms. The summed E-state index contributed by atoms with van der Waals surface area (Å²) >= 11 is 0. The van der Waals surface area contributed by atoms with Crippen LogP contribution in [0.4, 0.5) is 0 Å². The molecule has 0 aliphatic rings. The van der Waals surface area contributed by atoms with Crippen molar-refractivity contribution in [1.82, 2.24) is 0 Å². The van der Waals surface area contributed by atoms with Crippen LogP contribution in [-0.2, 0) is 18.9 Å². The Morgan fingerprint density at radius 3 is 1.48 bits per heavy atom. The summed E-state index contributed by atoms with van der Waals surface area (Å²) in [6, 6.07) is 0. The molecule has 0 aliphatic heterocycles. The molecule has 0 fully saturated rings. The summed E-state index contributed by atoms with van der Waals surface area (Å²) in [5.74, 6) is 0. The van der Waals surface area contributed by atoms with Crippen LogP contribution in [0, 0.1) is 0 Å². The number of aliphatic hydroxyl groups is 1. The highest BCUT2D eigenvalue weighted by Crippen LogP contribution is 2.11. The van der Waals surface area contributed by atoms with Crippen LogP contribution < -0.4 is 0 Å². The van der Waals surface area contributed by atoms with Crippen LogP contribution in [-0.4, -0.2) is 61.6 Å². The number of ether oxygens (including phenoxy) is 4. The Bertz CT molecular complexity index is 252. The van der Waals surface area contributed by atoms with Gasteiger partial charge in [0.1, 0.15) is 0 Å². The molecule has 1 N–H and O–H groups in total. The summed E-state index contributed by atoms with van der Waals surface area (Å²) in [7, 11) is 0. The summed E-state index contributed by atoms with van der Waals surface area (Å²) in [5.41, 5.74) is -0.155. The van der Waals surface area contributed by atoms with Crippen molar-refractivity contribution in [2.45, 2.75) is 78.5 Å². The van der Waals surface area contributed by atoms with Gasteiger partial charge in [0.25, 0.3) is 0 Å². The standard InChI is InChI=1S/C16H34O5/c1-12(8-17)18-9-13(2)19-10-14(3)20-11-15(4)21-16(5,6)7/h12-15,17H,8-11H2,1-7H3. The van der Waals surface area contributed by atoms with Gasteiger partial charge in [-0.2, -0.15) is 0 Å². The highest BCUT2D eigenvalue weighted by atomic mass is 16.6. The predicted octanol–water partition coefficient (Wildman–Crippen LogP) is 2.40. The molecule has 0 radical (unpaired) electrons. The van der Waals surface area contributed by atoms with Crippen LogP contribution in [0.3, 0.4) is 0 Å². The summed E-state index contributed by atoms with van der Waals surface area (Å²) in [5, 5.41) is 8.87. The molecule has 0 aromatic carbocycles. The summed E-state index contributed by atoms with van der Waals surface area (Å²) in [6.07, 6.45) is -0.110. The Morgan fingerprint density at radius 1 is 0.714 bits per heavy atom. The van der Waals surface area contributed by atoms with Crippen molar-refractivity contribution >= 4 is 0 Å². The van der Waals surface area contributed by atoms with Crippen LogP contribution in [0.5, 0.6) is 0 Å². The number of rotatable bonds is 11. The Morgan fingerprint density at radius 2 is 1.10 bits per heavy atom. The van der Waals surface area contributed by atoms with Crippen LogP contribution in [0.1, 0.15) is 48.5 Å². The Balaban J connectivity index is 3.72.